The van der Waals surface area contributed by atoms with E-state index in [0.717, 1.165) is 25.7 Å². The van der Waals surface area contributed by atoms with Gasteiger partial charge in [0.2, 0.25) is 0 Å². The molecule has 41 heavy (non-hydrogen) atoms. The Hall–Kier alpha value is -3.80. The third-order valence-electron chi connectivity index (χ3n) is 8.12. The van der Waals surface area contributed by atoms with Crippen LogP contribution in [0.25, 0.3) is 43.1 Å². The summed E-state index contributed by atoms with van der Waals surface area (Å²) in [6.07, 6.45) is 4.46. The molecule has 0 saturated carbocycles. The summed E-state index contributed by atoms with van der Waals surface area (Å²) in [6.45, 7) is 0. The fraction of sp³-hybridized carbons (Fsp3) is 0.100. The molecule has 0 saturated heterocycles. The summed E-state index contributed by atoms with van der Waals surface area (Å²) in [7, 11) is 0. The van der Waals surface area contributed by atoms with Crippen molar-refractivity contribution in [2.75, 3.05) is 0 Å². The largest absolute Gasteiger partial charge is 4.00 e. The van der Waals surface area contributed by atoms with E-state index in [1.807, 2.05) is 0 Å². The second-order valence-electron chi connectivity index (χ2n) is 11.0. The SMILES string of the molecule is [Zr+4].c1ccc2[cH-]c(CCc3cc4ccccc4[cH-]3)cc2c1.c1ccc2[cH-]c(CCc3cc4ccccc4[cH-]3)cc2c1. The molecule has 0 amide bonds. The molecular weight excluding hydrogens is 572 g/mol. The van der Waals surface area contributed by atoms with Crippen LogP contribution in [0.4, 0.5) is 0 Å². The minimum atomic E-state index is 0. The van der Waals surface area contributed by atoms with Gasteiger partial charge in [-0.2, -0.15) is 24.3 Å². The van der Waals surface area contributed by atoms with Gasteiger partial charge in [-0.1, -0.05) is 24.3 Å². The first kappa shape index (κ1) is 27.4. The van der Waals surface area contributed by atoms with Gasteiger partial charge >= 0.3 is 26.2 Å². The topological polar surface area (TPSA) is 0 Å². The van der Waals surface area contributed by atoms with Gasteiger partial charge in [-0.15, -0.1) is 162 Å². The third kappa shape index (κ3) is 6.27. The van der Waals surface area contributed by atoms with Crippen molar-refractivity contribution in [3.05, 3.63) is 168 Å². The van der Waals surface area contributed by atoms with Gasteiger partial charge in [-0.3, -0.25) is 0 Å². The number of fused-ring (bicyclic) bond motifs is 4. The van der Waals surface area contributed by atoms with Crippen LogP contribution in [-0.4, -0.2) is 0 Å². The van der Waals surface area contributed by atoms with E-state index < -0.39 is 0 Å². The van der Waals surface area contributed by atoms with Crippen LogP contribution in [0.3, 0.4) is 0 Å². The molecule has 0 atom stereocenters. The zero-order valence-electron chi connectivity index (χ0n) is 23.2. The maximum absolute atomic E-state index is 2.32. The van der Waals surface area contributed by atoms with Crippen LogP contribution in [0.1, 0.15) is 22.3 Å². The van der Waals surface area contributed by atoms with Gasteiger partial charge in [0.25, 0.3) is 0 Å². The molecule has 0 heterocycles. The van der Waals surface area contributed by atoms with Gasteiger partial charge in [0.15, 0.2) is 0 Å². The third-order valence-corrected chi connectivity index (χ3v) is 8.12. The van der Waals surface area contributed by atoms with Crippen molar-refractivity contribution >= 4 is 43.1 Å². The van der Waals surface area contributed by atoms with Crippen molar-refractivity contribution in [2.24, 2.45) is 0 Å². The molecule has 8 aromatic carbocycles. The molecular formula is C40H32Zr. The molecule has 0 bridgehead atoms. The Morgan fingerprint density at radius 3 is 0.756 bits per heavy atom. The van der Waals surface area contributed by atoms with E-state index in [1.54, 1.807) is 0 Å². The molecule has 0 spiro atoms. The van der Waals surface area contributed by atoms with Crippen LogP contribution in [0.15, 0.2) is 146 Å². The zero-order chi connectivity index (χ0) is 26.7. The molecule has 196 valence electrons. The number of rotatable bonds is 6. The summed E-state index contributed by atoms with van der Waals surface area (Å²) < 4.78 is 0. The molecule has 1 heteroatoms. The summed E-state index contributed by atoms with van der Waals surface area (Å²) >= 11 is 0. The van der Waals surface area contributed by atoms with Crippen molar-refractivity contribution < 1.29 is 26.2 Å². The fourth-order valence-corrected chi connectivity index (χ4v) is 6.01. The molecule has 0 aliphatic rings. The predicted molar refractivity (Wildman–Crippen MR) is 173 cm³/mol. The monoisotopic (exact) mass is 602 g/mol. The normalized spacial score (nSPS) is 11.1. The molecule has 0 aliphatic carbocycles. The summed E-state index contributed by atoms with van der Waals surface area (Å²) in [5.74, 6) is 0. The Morgan fingerprint density at radius 2 is 0.537 bits per heavy atom. The van der Waals surface area contributed by atoms with Crippen LogP contribution in [0.5, 0.6) is 0 Å². The van der Waals surface area contributed by atoms with Gasteiger partial charge in [-0.05, 0) is 25.7 Å². The first-order valence-corrected chi connectivity index (χ1v) is 14.3. The summed E-state index contributed by atoms with van der Waals surface area (Å²) in [5.41, 5.74) is 5.76. The van der Waals surface area contributed by atoms with Crippen molar-refractivity contribution in [2.45, 2.75) is 25.7 Å². The first-order chi connectivity index (χ1) is 19.8. The number of benzene rings is 4. The molecule has 0 aliphatic heterocycles. The van der Waals surface area contributed by atoms with E-state index in [-0.39, 0.29) is 26.2 Å². The number of aryl methyl sites for hydroxylation is 4. The molecule has 0 radical (unpaired) electrons. The van der Waals surface area contributed by atoms with Crippen molar-refractivity contribution in [3.8, 4) is 0 Å². The first-order valence-electron chi connectivity index (χ1n) is 14.3. The zero-order valence-corrected chi connectivity index (χ0v) is 25.6. The molecule has 0 unspecified atom stereocenters. The quantitative estimate of drug-likeness (QED) is 0.166. The van der Waals surface area contributed by atoms with Crippen molar-refractivity contribution in [1.29, 1.82) is 0 Å². The van der Waals surface area contributed by atoms with Crippen LogP contribution in [0.2, 0.25) is 0 Å². The van der Waals surface area contributed by atoms with Crippen LogP contribution in [0, 0.1) is 0 Å². The Morgan fingerprint density at radius 1 is 0.317 bits per heavy atom. The summed E-state index contributed by atoms with van der Waals surface area (Å²) in [5, 5.41) is 10.9. The maximum Gasteiger partial charge on any atom is 4.00 e. The van der Waals surface area contributed by atoms with E-state index in [2.05, 4.69) is 146 Å². The van der Waals surface area contributed by atoms with E-state index in [1.165, 1.54) is 65.3 Å². The molecule has 0 aromatic heterocycles. The van der Waals surface area contributed by atoms with Crippen LogP contribution < -0.4 is 0 Å². The Kier molecular flexibility index (Phi) is 8.27. The Bertz CT molecular complexity index is 1590. The second kappa shape index (κ2) is 12.4. The fourth-order valence-electron chi connectivity index (χ4n) is 6.01. The van der Waals surface area contributed by atoms with E-state index >= 15 is 0 Å². The number of hydrogen-bond acceptors (Lipinski definition) is 0. The summed E-state index contributed by atoms with van der Waals surface area (Å²) in [6, 6.07) is 52.9. The average Bonchev–Trinajstić information content (AvgIpc) is 3.78. The van der Waals surface area contributed by atoms with Crippen molar-refractivity contribution in [3.63, 3.8) is 0 Å². The Balaban J connectivity index is 0.000000144. The van der Waals surface area contributed by atoms with E-state index in [0.29, 0.717) is 0 Å². The van der Waals surface area contributed by atoms with E-state index in [4.69, 9.17) is 0 Å². The van der Waals surface area contributed by atoms with Crippen molar-refractivity contribution in [1.82, 2.24) is 0 Å². The minimum absolute atomic E-state index is 0. The smallest absolute Gasteiger partial charge is 0.165 e. The average molecular weight is 604 g/mol. The second-order valence-corrected chi connectivity index (χ2v) is 11.0. The number of hydrogen-bond donors (Lipinski definition) is 0. The minimum Gasteiger partial charge on any atom is -0.165 e. The molecule has 0 nitrogen and oxygen atoms in total. The Labute approximate surface area is 261 Å². The maximum atomic E-state index is 2.32. The molecule has 8 rings (SSSR count). The molecule has 0 N–H and O–H groups in total. The summed E-state index contributed by atoms with van der Waals surface area (Å²) in [4.78, 5) is 0. The van der Waals surface area contributed by atoms with Gasteiger partial charge in [0.1, 0.15) is 0 Å². The van der Waals surface area contributed by atoms with E-state index in [9.17, 15) is 0 Å². The molecule has 8 aromatic rings. The van der Waals surface area contributed by atoms with Gasteiger partial charge in [-0.25, -0.2) is 0 Å². The molecule has 0 fully saturated rings. The van der Waals surface area contributed by atoms with Crippen LogP contribution in [-0.2, 0) is 51.9 Å². The van der Waals surface area contributed by atoms with Gasteiger partial charge < -0.3 is 0 Å². The standard InChI is InChI=1S/2C20H16.Zr/c2*1-2-6-18-12-15(11-17(18)5-1)9-10-16-13-19-7-3-4-8-20(19)14-16;/h2*1-8,11-14H,9-10H2;/q2*-2;+4. The van der Waals surface area contributed by atoms with Crippen LogP contribution >= 0.6 is 0 Å². The van der Waals surface area contributed by atoms with Gasteiger partial charge in [0.05, 0.1) is 0 Å². The van der Waals surface area contributed by atoms with Gasteiger partial charge in [0, 0.05) is 0 Å². The predicted octanol–water partition coefficient (Wildman–Crippen LogP) is 10.4.